The lowest BCUT2D eigenvalue weighted by molar-refractivity contribution is -0.302. The number of unbranched alkanes of at least 4 members (excludes halogenated alkanes) is 30. The lowest BCUT2D eigenvalue weighted by Crippen LogP contribution is -2.60. The second kappa shape index (κ2) is 56.7. The lowest BCUT2D eigenvalue weighted by Gasteiger charge is -2.40. The summed E-state index contributed by atoms with van der Waals surface area (Å²) in [6, 6.07) is -0.843. The molecule has 79 heavy (non-hydrogen) atoms. The molecule has 0 aromatic carbocycles. The van der Waals surface area contributed by atoms with Crippen LogP contribution in [0.3, 0.4) is 0 Å². The van der Waals surface area contributed by atoms with Gasteiger partial charge in [0.2, 0.25) is 5.91 Å². The summed E-state index contributed by atoms with van der Waals surface area (Å²) in [6.45, 7) is 4.04. The Balaban J connectivity index is 1.98. The number of aliphatic hydroxyl groups is 5. The zero-order valence-electron chi connectivity index (χ0n) is 50.3. The maximum Gasteiger partial charge on any atom is 0.305 e. The predicted octanol–water partition coefficient (Wildman–Crippen LogP) is 15.7. The number of carbonyl (C=O) groups is 2. The van der Waals surface area contributed by atoms with Crippen molar-refractivity contribution in [1.82, 2.24) is 5.32 Å². The number of rotatable bonds is 55. The van der Waals surface area contributed by atoms with Crippen LogP contribution in [0.25, 0.3) is 0 Å². The highest BCUT2D eigenvalue weighted by molar-refractivity contribution is 5.76. The van der Waals surface area contributed by atoms with E-state index < -0.39 is 49.5 Å². The Hall–Kier alpha value is -3.16. The Morgan fingerprint density at radius 1 is 0.494 bits per heavy atom. The van der Waals surface area contributed by atoms with E-state index in [1.807, 2.05) is 19.1 Å². The van der Waals surface area contributed by atoms with Crippen LogP contribution >= 0.6 is 0 Å². The summed E-state index contributed by atoms with van der Waals surface area (Å²) < 4.78 is 16.7. The van der Waals surface area contributed by atoms with E-state index in [2.05, 4.69) is 79.1 Å². The van der Waals surface area contributed by atoms with Gasteiger partial charge in [0.15, 0.2) is 6.29 Å². The summed E-state index contributed by atoms with van der Waals surface area (Å²) in [6.07, 6.45) is 67.3. The fourth-order valence-corrected chi connectivity index (χ4v) is 9.65. The summed E-state index contributed by atoms with van der Waals surface area (Å²) in [4.78, 5) is 25.1. The quantitative estimate of drug-likeness (QED) is 0.0195. The first-order chi connectivity index (χ1) is 38.7. The molecule has 0 aliphatic carbocycles. The SMILES string of the molecule is C/C=C/CC/C=C/CC/C=C/C(O)C(COC1OC(CO)C(O)C(O)C1O)NC(=O)CCCCCCCCC/C=C\C/C=C\CCCCCCCCCCCOC(=O)CCCCCCCCCCC/C=C\C/C=C\CCCCC. The van der Waals surface area contributed by atoms with Crippen molar-refractivity contribution in [3.05, 3.63) is 85.1 Å². The molecular weight excluding hydrogens is 991 g/mol. The topological polar surface area (TPSA) is 175 Å². The van der Waals surface area contributed by atoms with E-state index in [0.717, 1.165) is 96.3 Å². The van der Waals surface area contributed by atoms with Crippen molar-refractivity contribution in [1.29, 1.82) is 0 Å². The van der Waals surface area contributed by atoms with Crippen LogP contribution in [0.5, 0.6) is 0 Å². The van der Waals surface area contributed by atoms with Crippen LogP contribution in [0.2, 0.25) is 0 Å². The molecule has 11 heteroatoms. The number of hydrogen-bond donors (Lipinski definition) is 6. The molecule has 7 atom stereocenters. The molecule has 6 N–H and O–H groups in total. The number of aliphatic hydroxyl groups excluding tert-OH is 5. The number of amides is 1. The van der Waals surface area contributed by atoms with Crippen LogP contribution in [0.15, 0.2) is 85.1 Å². The summed E-state index contributed by atoms with van der Waals surface area (Å²) in [7, 11) is 0. The van der Waals surface area contributed by atoms with E-state index in [-0.39, 0.29) is 18.5 Å². The highest BCUT2D eigenvalue weighted by Gasteiger charge is 2.44. The second-order valence-corrected chi connectivity index (χ2v) is 22.1. The van der Waals surface area contributed by atoms with Crippen LogP contribution in [0, 0.1) is 0 Å². The predicted molar refractivity (Wildman–Crippen MR) is 329 cm³/mol. The molecule has 1 amide bonds. The van der Waals surface area contributed by atoms with E-state index in [0.29, 0.717) is 25.9 Å². The Morgan fingerprint density at radius 3 is 1.39 bits per heavy atom. The van der Waals surface area contributed by atoms with Gasteiger partial charge in [-0.25, -0.2) is 0 Å². The van der Waals surface area contributed by atoms with Crippen molar-refractivity contribution >= 4 is 11.9 Å². The van der Waals surface area contributed by atoms with Gasteiger partial charge < -0.3 is 45.1 Å². The van der Waals surface area contributed by atoms with Crippen molar-refractivity contribution in [2.75, 3.05) is 19.8 Å². The number of carbonyl (C=O) groups excluding carboxylic acids is 2. The monoisotopic (exact) mass is 1110 g/mol. The van der Waals surface area contributed by atoms with Crippen LogP contribution in [0.1, 0.15) is 271 Å². The van der Waals surface area contributed by atoms with Gasteiger partial charge in [-0.15, -0.1) is 0 Å². The zero-order valence-corrected chi connectivity index (χ0v) is 50.3. The molecule has 0 saturated carbocycles. The van der Waals surface area contributed by atoms with Gasteiger partial charge in [0.1, 0.15) is 24.4 Å². The highest BCUT2D eigenvalue weighted by atomic mass is 16.7. The van der Waals surface area contributed by atoms with E-state index in [4.69, 9.17) is 14.2 Å². The summed E-state index contributed by atoms with van der Waals surface area (Å²) in [5.41, 5.74) is 0. The smallest absolute Gasteiger partial charge is 0.305 e. The number of ether oxygens (including phenoxy) is 3. The van der Waals surface area contributed by atoms with E-state index in [9.17, 15) is 35.1 Å². The summed E-state index contributed by atoms with van der Waals surface area (Å²) >= 11 is 0. The van der Waals surface area contributed by atoms with Gasteiger partial charge in [-0.3, -0.25) is 9.59 Å². The fraction of sp³-hybridized carbons (Fsp3) is 0.765. The zero-order chi connectivity index (χ0) is 57.3. The number of allylic oxidation sites excluding steroid dienone is 13. The van der Waals surface area contributed by atoms with Gasteiger partial charge in [0.05, 0.1) is 32.0 Å². The van der Waals surface area contributed by atoms with Gasteiger partial charge >= 0.3 is 5.97 Å². The first-order valence-electron chi connectivity index (χ1n) is 32.3. The number of nitrogens with one attached hydrogen (secondary N) is 1. The minimum atomic E-state index is -1.58. The van der Waals surface area contributed by atoms with Crippen molar-refractivity contribution in [2.24, 2.45) is 0 Å². The molecular formula is C68H119NO10. The molecule has 0 radical (unpaired) electrons. The Bertz CT molecular complexity index is 1590. The van der Waals surface area contributed by atoms with Crippen molar-refractivity contribution in [2.45, 2.75) is 314 Å². The third-order valence-electron chi connectivity index (χ3n) is 14.8. The molecule has 11 nitrogen and oxygen atoms in total. The number of hydrogen-bond acceptors (Lipinski definition) is 10. The van der Waals surface area contributed by atoms with Gasteiger partial charge in [-0.1, -0.05) is 227 Å². The third-order valence-corrected chi connectivity index (χ3v) is 14.8. The van der Waals surface area contributed by atoms with Gasteiger partial charge in [-0.2, -0.15) is 0 Å². The van der Waals surface area contributed by atoms with Crippen molar-refractivity contribution < 1.29 is 49.3 Å². The van der Waals surface area contributed by atoms with Gasteiger partial charge in [0.25, 0.3) is 0 Å². The standard InChI is InChI=1S/C68H119NO10/c1-3-5-7-9-11-13-14-15-16-17-23-27-30-33-36-40-44-48-52-56-64(73)77-57-53-49-45-41-37-34-31-28-25-22-20-18-19-21-24-26-29-32-35-39-43-47-51-55-63(72)69-60(61(71)54-50-46-42-38-12-10-8-6-4-2)59-78-68-67(76)66(75)65(74)62(58-70)79-68/h4,6,11-13,15-16,18,20-21,24,38,50,54,60-62,65-68,70-71,74-76H,3,5,7-10,14,17,19,22-23,25-37,39-49,51-53,55-59H2,1-2H3,(H,69,72)/b6-4+,13-11-,16-15-,20-18-,24-21-,38-12+,54-50+. The fourth-order valence-electron chi connectivity index (χ4n) is 9.65. The van der Waals surface area contributed by atoms with Crippen molar-refractivity contribution in [3.8, 4) is 0 Å². The molecule has 0 spiro atoms. The van der Waals surface area contributed by atoms with E-state index in [1.54, 1.807) is 6.08 Å². The molecule has 7 unspecified atom stereocenters. The van der Waals surface area contributed by atoms with Crippen molar-refractivity contribution in [3.63, 3.8) is 0 Å². The van der Waals surface area contributed by atoms with Gasteiger partial charge in [0, 0.05) is 12.8 Å². The second-order valence-electron chi connectivity index (χ2n) is 22.1. The molecule has 0 bridgehead atoms. The average Bonchev–Trinajstić information content (AvgIpc) is 3.46. The molecule has 1 fully saturated rings. The van der Waals surface area contributed by atoms with Crippen LogP contribution in [0.4, 0.5) is 0 Å². The van der Waals surface area contributed by atoms with E-state index >= 15 is 0 Å². The minimum Gasteiger partial charge on any atom is -0.466 e. The largest absolute Gasteiger partial charge is 0.466 e. The maximum atomic E-state index is 13.0. The van der Waals surface area contributed by atoms with Crippen LogP contribution in [-0.2, 0) is 23.8 Å². The first kappa shape index (κ1) is 73.9. The molecule has 0 aromatic heterocycles. The van der Waals surface area contributed by atoms with Crippen LogP contribution in [-0.4, -0.2) is 100 Å². The Kier molecular flexibility index (Phi) is 53.0. The molecule has 1 aliphatic heterocycles. The molecule has 1 rings (SSSR count). The summed E-state index contributed by atoms with van der Waals surface area (Å²) in [5, 5.41) is 54.1. The Morgan fingerprint density at radius 2 is 0.911 bits per heavy atom. The van der Waals surface area contributed by atoms with Gasteiger partial charge in [-0.05, 0) is 116 Å². The summed E-state index contributed by atoms with van der Waals surface area (Å²) in [5.74, 6) is -0.222. The third kappa shape index (κ3) is 46.1. The molecule has 1 heterocycles. The first-order valence-corrected chi connectivity index (χ1v) is 32.3. The molecule has 456 valence electrons. The Labute approximate surface area is 483 Å². The molecule has 1 aliphatic rings. The maximum absolute atomic E-state index is 13.0. The minimum absolute atomic E-state index is 0.0104. The normalized spacial score (nSPS) is 19.0. The lowest BCUT2D eigenvalue weighted by atomic mass is 9.99. The molecule has 1 saturated heterocycles. The van der Waals surface area contributed by atoms with Crippen LogP contribution < -0.4 is 5.32 Å². The number of esters is 1. The average molecular weight is 1110 g/mol. The highest BCUT2D eigenvalue weighted by Crippen LogP contribution is 2.23. The van der Waals surface area contributed by atoms with E-state index in [1.165, 1.54) is 141 Å². The molecule has 0 aromatic rings.